The molecule has 3 rings (SSSR count). The van der Waals surface area contributed by atoms with Gasteiger partial charge < -0.3 is 20.1 Å². The lowest BCUT2D eigenvalue weighted by atomic mass is 9.93. The third-order valence-corrected chi connectivity index (χ3v) is 5.60. The third kappa shape index (κ3) is 6.94. The molecule has 2 unspecified atom stereocenters. The van der Waals surface area contributed by atoms with Gasteiger partial charge in [0.25, 0.3) is 0 Å². The first-order valence-electron chi connectivity index (χ1n) is 10.7. The molecule has 2 N–H and O–H groups in total. The number of amides is 1. The van der Waals surface area contributed by atoms with E-state index in [4.69, 9.17) is 4.74 Å². The number of ether oxygens (including phenoxy) is 1. The maximum atomic E-state index is 14.2. The number of alkyl carbamates (subject to hydrolysis) is 1. The van der Waals surface area contributed by atoms with Crippen molar-refractivity contribution >= 4 is 33.5 Å². The van der Waals surface area contributed by atoms with E-state index < -0.39 is 23.3 Å². The van der Waals surface area contributed by atoms with E-state index in [1.807, 2.05) is 4.90 Å². The molecule has 0 aromatic carbocycles. The highest BCUT2D eigenvalue weighted by Gasteiger charge is 2.31. The average molecular weight is 523 g/mol. The summed E-state index contributed by atoms with van der Waals surface area (Å²) in [4.78, 5) is 35.2. The minimum absolute atomic E-state index is 0.0461. The Balaban J connectivity index is 1.80. The van der Waals surface area contributed by atoms with Crippen molar-refractivity contribution in [2.24, 2.45) is 5.92 Å². The van der Waals surface area contributed by atoms with E-state index in [0.29, 0.717) is 29.7 Å². The number of hydrogen-bond acceptors (Lipinski definition) is 7. The second-order valence-corrected chi connectivity index (χ2v) is 9.91. The number of hydrogen-bond donors (Lipinski definition) is 2. The molecule has 1 saturated heterocycles. The number of nitrogens with zero attached hydrogens (tertiary/aromatic N) is 3. The van der Waals surface area contributed by atoms with Crippen molar-refractivity contribution in [2.45, 2.75) is 45.3 Å². The standard InChI is InChI=1S/C23H28BrFN4O4/c1-23(2,3)33-22(32)27-16-8-14(13-30)11-29(12-16)18-6-7-26-10-15(18)9-19(31)21-17(25)4-5-20(24)28-21/h4-7,10,14,16,30H,8-9,11-13H2,1-3H3,(H,27,32). The molecule has 10 heteroatoms. The molecule has 33 heavy (non-hydrogen) atoms. The normalized spacial score (nSPS) is 18.7. The molecule has 0 spiro atoms. The van der Waals surface area contributed by atoms with Gasteiger partial charge in [-0.05, 0) is 61.3 Å². The van der Waals surface area contributed by atoms with Crippen LogP contribution in [-0.4, -0.2) is 58.3 Å². The number of anilines is 1. The lowest BCUT2D eigenvalue weighted by molar-refractivity contribution is 0.0487. The second-order valence-electron chi connectivity index (χ2n) is 9.10. The molecular weight excluding hydrogens is 495 g/mol. The van der Waals surface area contributed by atoms with Gasteiger partial charge in [0, 0.05) is 55.7 Å². The van der Waals surface area contributed by atoms with Crippen LogP contribution >= 0.6 is 15.9 Å². The Hall–Kier alpha value is -2.59. The number of aliphatic hydroxyl groups excluding tert-OH is 1. The molecule has 3 heterocycles. The maximum Gasteiger partial charge on any atom is 0.407 e. The molecule has 0 aliphatic carbocycles. The Morgan fingerprint density at radius 2 is 2.06 bits per heavy atom. The van der Waals surface area contributed by atoms with Gasteiger partial charge in [0.05, 0.1) is 6.04 Å². The van der Waals surface area contributed by atoms with Crippen molar-refractivity contribution in [1.82, 2.24) is 15.3 Å². The van der Waals surface area contributed by atoms with Crippen LogP contribution in [0.2, 0.25) is 0 Å². The summed E-state index contributed by atoms with van der Waals surface area (Å²) in [5.74, 6) is -1.24. The van der Waals surface area contributed by atoms with Crippen LogP contribution in [0.3, 0.4) is 0 Å². The summed E-state index contributed by atoms with van der Waals surface area (Å²) in [5, 5.41) is 12.7. The summed E-state index contributed by atoms with van der Waals surface area (Å²) in [7, 11) is 0. The molecule has 8 nitrogen and oxygen atoms in total. The van der Waals surface area contributed by atoms with Crippen molar-refractivity contribution in [3.63, 3.8) is 0 Å². The van der Waals surface area contributed by atoms with Gasteiger partial charge in [0.15, 0.2) is 11.6 Å². The minimum atomic E-state index is -0.686. The molecular formula is C23H28BrFN4O4. The van der Waals surface area contributed by atoms with Gasteiger partial charge in [0.1, 0.15) is 15.9 Å². The summed E-state index contributed by atoms with van der Waals surface area (Å²) in [6, 6.07) is 4.14. The quantitative estimate of drug-likeness (QED) is 0.441. The number of carbonyl (C=O) groups is 2. The van der Waals surface area contributed by atoms with Crippen molar-refractivity contribution in [1.29, 1.82) is 0 Å². The van der Waals surface area contributed by atoms with Crippen LogP contribution in [0.4, 0.5) is 14.9 Å². The van der Waals surface area contributed by atoms with Crippen molar-refractivity contribution in [3.8, 4) is 0 Å². The number of aromatic nitrogens is 2. The van der Waals surface area contributed by atoms with Crippen LogP contribution in [0.15, 0.2) is 35.2 Å². The van der Waals surface area contributed by atoms with E-state index >= 15 is 0 Å². The zero-order chi connectivity index (χ0) is 24.2. The number of carbonyl (C=O) groups excluding carboxylic acids is 2. The predicted molar refractivity (Wildman–Crippen MR) is 125 cm³/mol. The summed E-state index contributed by atoms with van der Waals surface area (Å²) >= 11 is 3.17. The maximum absolute atomic E-state index is 14.2. The van der Waals surface area contributed by atoms with Crippen LogP contribution in [-0.2, 0) is 11.2 Å². The predicted octanol–water partition coefficient (Wildman–Crippen LogP) is 3.52. The number of piperidine rings is 1. The first kappa shape index (κ1) is 25.0. The number of Topliss-reactive ketones (excluding diaryl/α,β-unsaturated/α-hetero) is 1. The Bertz CT molecular complexity index is 1010. The molecule has 0 bridgehead atoms. The smallest absolute Gasteiger partial charge is 0.407 e. The molecule has 0 saturated carbocycles. The Kier molecular flexibility index (Phi) is 8.01. The van der Waals surface area contributed by atoms with E-state index in [2.05, 4.69) is 31.2 Å². The molecule has 1 amide bonds. The zero-order valence-corrected chi connectivity index (χ0v) is 20.4. The van der Waals surface area contributed by atoms with Crippen LogP contribution in [0, 0.1) is 11.7 Å². The Morgan fingerprint density at radius 3 is 2.76 bits per heavy atom. The molecule has 0 radical (unpaired) electrons. The number of pyridine rings is 2. The molecule has 1 aliphatic rings. The van der Waals surface area contributed by atoms with Crippen LogP contribution in [0.25, 0.3) is 0 Å². The summed E-state index contributed by atoms with van der Waals surface area (Å²) in [6.07, 6.45) is 3.17. The minimum Gasteiger partial charge on any atom is -0.444 e. The van der Waals surface area contributed by atoms with Crippen LogP contribution in [0.5, 0.6) is 0 Å². The topological polar surface area (TPSA) is 105 Å². The Morgan fingerprint density at radius 1 is 1.30 bits per heavy atom. The van der Waals surface area contributed by atoms with Gasteiger partial charge >= 0.3 is 6.09 Å². The number of halogens is 2. The molecule has 1 fully saturated rings. The van der Waals surface area contributed by atoms with Gasteiger partial charge in [-0.1, -0.05) is 0 Å². The molecule has 1 aliphatic heterocycles. The second kappa shape index (κ2) is 10.6. The van der Waals surface area contributed by atoms with Gasteiger partial charge in [-0.25, -0.2) is 14.2 Å². The van der Waals surface area contributed by atoms with Gasteiger partial charge in [-0.15, -0.1) is 0 Å². The zero-order valence-electron chi connectivity index (χ0n) is 18.8. The highest BCUT2D eigenvalue weighted by Crippen LogP contribution is 2.27. The van der Waals surface area contributed by atoms with E-state index in [1.54, 1.807) is 39.2 Å². The third-order valence-electron chi connectivity index (χ3n) is 5.16. The number of rotatable bonds is 6. The number of ketones is 1. The van der Waals surface area contributed by atoms with Gasteiger partial charge in [-0.2, -0.15) is 0 Å². The number of nitrogens with one attached hydrogen (secondary N) is 1. The SMILES string of the molecule is CC(C)(C)OC(=O)NC1CC(CO)CN(c2ccncc2CC(=O)c2nc(Br)ccc2F)C1. The van der Waals surface area contributed by atoms with E-state index in [0.717, 1.165) is 5.69 Å². The molecule has 178 valence electrons. The average Bonchev–Trinajstić information content (AvgIpc) is 2.74. The van der Waals surface area contributed by atoms with Crippen molar-refractivity contribution in [3.05, 3.63) is 52.3 Å². The van der Waals surface area contributed by atoms with E-state index in [-0.39, 0.29) is 30.7 Å². The molecule has 2 aromatic rings. The largest absolute Gasteiger partial charge is 0.444 e. The fourth-order valence-electron chi connectivity index (χ4n) is 3.85. The van der Waals surface area contributed by atoms with E-state index in [1.165, 1.54) is 12.1 Å². The Labute approximate surface area is 200 Å². The first-order chi connectivity index (χ1) is 15.6. The first-order valence-corrected chi connectivity index (χ1v) is 11.5. The number of aliphatic hydroxyl groups is 1. The molecule has 2 aromatic heterocycles. The summed E-state index contributed by atoms with van der Waals surface area (Å²) in [6.45, 7) is 6.33. The van der Waals surface area contributed by atoms with Gasteiger partial charge in [0.2, 0.25) is 0 Å². The van der Waals surface area contributed by atoms with E-state index in [9.17, 15) is 19.1 Å². The summed E-state index contributed by atoms with van der Waals surface area (Å²) < 4.78 is 19.9. The fraction of sp³-hybridized carbons (Fsp3) is 0.478. The highest BCUT2D eigenvalue weighted by atomic mass is 79.9. The lowest BCUT2D eigenvalue weighted by Crippen LogP contribution is -2.52. The van der Waals surface area contributed by atoms with Crippen molar-refractivity contribution < 1.29 is 23.8 Å². The molecule has 2 atom stereocenters. The fourth-order valence-corrected chi connectivity index (χ4v) is 4.16. The lowest BCUT2D eigenvalue weighted by Gasteiger charge is -2.39. The van der Waals surface area contributed by atoms with Gasteiger partial charge in [-0.3, -0.25) is 9.78 Å². The van der Waals surface area contributed by atoms with Crippen LogP contribution < -0.4 is 10.2 Å². The summed E-state index contributed by atoms with van der Waals surface area (Å²) in [5.41, 5.74) is 0.486. The van der Waals surface area contributed by atoms with Crippen molar-refractivity contribution in [2.75, 3.05) is 24.6 Å². The van der Waals surface area contributed by atoms with Crippen LogP contribution in [0.1, 0.15) is 43.2 Å². The monoisotopic (exact) mass is 522 g/mol. The highest BCUT2D eigenvalue weighted by molar-refractivity contribution is 9.10.